The molecule has 0 spiro atoms. The fourth-order valence-corrected chi connectivity index (χ4v) is 2.36. The molecule has 0 saturated heterocycles. The summed E-state index contributed by atoms with van der Waals surface area (Å²) in [4.78, 5) is 12.6. The van der Waals surface area contributed by atoms with Gasteiger partial charge in [-0.3, -0.25) is 4.79 Å². The van der Waals surface area contributed by atoms with E-state index in [9.17, 15) is 4.79 Å². The lowest BCUT2D eigenvalue weighted by atomic mass is 9.61. The van der Waals surface area contributed by atoms with Gasteiger partial charge in [0.15, 0.2) is 0 Å². The van der Waals surface area contributed by atoms with Crippen LogP contribution in [0, 0.1) is 10.8 Å². The van der Waals surface area contributed by atoms with Gasteiger partial charge < -0.3 is 9.47 Å². The smallest absolute Gasteiger partial charge is 0.319 e. The summed E-state index contributed by atoms with van der Waals surface area (Å²) < 4.78 is 10.9. The molecule has 1 rings (SSSR count). The number of carbonyl (C=O) groups excluding carboxylic acids is 1. The first-order chi connectivity index (χ1) is 8.25. The van der Waals surface area contributed by atoms with Gasteiger partial charge in [0.2, 0.25) is 0 Å². The van der Waals surface area contributed by atoms with Crippen molar-refractivity contribution in [3.8, 4) is 0 Å². The molecule has 2 atom stereocenters. The highest BCUT2D eigenvalue weighted by molar-refractivity contribution is 5.82. The second-order valence-electron chi connectivity index (χ2n) is 5.97. The van der Waals surface area contributed by atoms with E-state index in [4.69, 9.17) is 9.47 Å². The molecular formula is C15H24O3. The van der Waals surface area contributed by atoms with Crippen LogP contribution in [0.25, 0.3) is 0 Å². The summed E-state index contributed by atoms with van der Waals surface area (Å²) in [5.41, 5.74) is -1.07. The monoisotopic (exact) mass is 252 g/mol. The zero-order chi connectivity index (χ0) is 14.0. The molecule has 0 bridgehead atoms. The molecule has 102 valence electrons. The van der Waals surface area contributed by atoms with Crippen molar-refractivity contribution in [3.63, 3.8) is 0 Å². The van der Waals surface area contributed by atoms with Gasteiger partial charge in [0.1, 0.15) is 5.41 Å². The number of esters is 1. The van der Waals surface area contributed by atoms with E-state index in [1.54, 1.807) is 7.11 Å². The van der Waals surface area contributed by atoms with Gasteiger partial charge in [-0.05, 0) is 19.3 Å². The Hall–Kier alpha value is -1.09. The van der Waals surface area contributed by atoms with Gasteiger partial charge in [0.25, 0.3) is 0 Å². The Morgan fingerprint density at radius 3 is 2.33 bits per heavy atom. The number of methoxy groups -OCH3 is 1. The number of hydrogen-bond acceptors (Lipinski definition) is 3. The van der Waals surface area contributed by atoms with E-state index in [1.807, 2.05) is 58.9 Å². The molecule has 3 heteroatoms. The molecule has 2 unspecified atom stereocenters. The van der Waals surface area contributed by atoms with Crippen molar-refractivity contribution in [2.24, 2.45) is 10.8 Å². The van der Waals surface area contributed by atoms with Crippen LogP contribution in [-0.4, -0.2) is 25.3 Å². The van der Waals surface area contributed by atoms with E-state index in [-0.39, 0.29) is 23.6 Å². The van der Waals surface area contributed by atoms with Gasteiger partial charge in [-0.25, -0.2) is 0 Å². The van der Waals surface area contributed by atoms with Crippen molar-refractivity contribution in [2.75, 3.05) is 7.11 Å². The van der Waals surface area contributed by atoms with E-state index in [0.717, 1.165) is 0 Å². The van der Waals surface area contributed by atoms with Crippen LogP contribution >= 0.6 is 0 Å². The summed E-state index contributed by atoms with van der Waals surface area (Å²) in [6.45, 7) is 9.81. The standard InChI is InChI=1S/C15H24O3/c1-11(2)18-13(16)15(14(3,4)5)10-8-7-9-12(15)17-6/h7-12H,1-6H3. The second-order valence-corrected chi connectivity index (χ2v) is 5.97. The lowest BCUT2D eigenvalue weighted by molar-refractivity contribution is -0.171. The van der Waals surface area contributed by atoms with E-state index >= 15 is 0 Å². The van der Waals surface area contributed by atoms with Gasteiger partial charge in [0, 0.05) is 7.11 Å². The summed E-state index contributed by atoms with van der Waals surface area (Å²) in [5.74, 6) is -0.225. The van der Waals surface area contributed by atoms with Crippen LogP contribution in [0.5, 0.6) is 0 Å². The average molecular weight is 252 g/mol. The Labute approximate surface area is 110 Å². The van der Waals surface area contributed by atoms with Crippen LogP contribution in [-0.2, 0) is 14.3 Å². The molecule has 0 saturated carbocycles. The summed E-state index contributed by atoms with van der Waals surface area (Å²) in [6, 6.07) is 0. The highest BCUT2D eigenvalue weighted by atomic mass is 16.5. The summed E-state index contributed by atoms with van der Waals surface area (Å²) in [7, 11) is 1.62. The quantitative estimate of drug-likeness (QED) is 0.724. The molecule has 18 heavy (non-hydrogen) atoms. The van der Waals surface area contributed by atoms with Crippen molar-refractivity contribution in [3.05, 3.63) is 24.3 Å². The molecule has 1 aliphatic rings. The highest BCUT2D eigenvalue weighted by Gasteiger charge is 2.54. The summed E-state index contributed by atoms with van der Waals surface area (Å²) in [6.07, 6.45) is 7.18. The van der Waals surface area contributed by atoms with Crippen molar-refractivity contribution in [1.29, 1.82) is 0 Å². The number of carbonyl (C=O) groups is 1. The van der Waals surface area contributed by atoms with Crippen LogP contribution in [0.1, 0.15) is 34.6 Å². The van der Waals surface area contributed by atoms with Gasteiger partial charge >= 0.3 is 5.97 Å². The SMILES string of the molecule is COC1C=CC=CC1(C(=O)OC(C)C)C(C)(C)C. The minimum atomic E-state index is -0.777. The first-order valence-electron chi connectivity index (χ1n) is 6.35. The van der Waals surface area contributed by atoms with Crippen molar-refractivity contribution < 1.29 is 14.3 Å². The van der Waals surface area contributed by atoms with Crippen molar-refractivity contribution in [2.45, 2.75) is 46.8 Å². The normalized spacial score (nSPS) is 27.6. The molecular weight excluding hydrogens is 228 g/mol. The number of ether oxygens (including phenoxy) is 2. The van der Waals surface area contributed by atoms with E-state index < -0.39 is 5.41 Å². The molecule has 0 N–H and O–H groups in total. The average Bonchev–Trinajstić information content (AvgIpc) is 2.26. The molecule has 0 radical (unpaired) electrons. The second kappa shape index (κ2) is 5.27. The molecule has 0 aromatic carbocycles. The van der Waals surface area contributed by atoms with Crippen molar-refractivity contribution >= 4 is 5.97 Å². The maximum absolute atomic E-state index is 12.6. The van der Waals surface area contributed by atoms with Crippen LogP contribution in [0.15, 0.2) is 24.3 Å². The predicted molar refractivity (Wildman–Crippen MR) is 72.2 cm³/mol. The molecule has 0 fully saturated rings. The fraction of sp³-hybridized carbons (Fsp3) is 0.667. The Morgan fingerprint density at radius 2 is 1.89 bits per heavy atom. The first kappa shape index (κ1) is 15.0. The number of rotatable bonds is 3. The zero-order valence-corrected chi connectivity index (χ0v) is 12.2. The highest BCUT2D eigenvalue weighted by Crippen LogP contribution is 2.47. The van der Waals surface area contributed by atoms with Gasteiger partial charge in [0.05, 0.1) is 12.2 Å². The lowest BCUT2D eigenvalue weighted by Crippen LogP contribution is -2.52. The maximum atomic E-state index is 12.6. The van der Waals surface area contributed by atoms with Crippen LogP contribution < -0.4 is 0 Å². The Bertz CT molecular complexity index is 360. The van der Waals surface area contributed by atoms with Crippen molar-refractivity contribution in [1.82, 2.24) is 0 Å². The molecule has 0 heterocycles. The Kier molecular flexibility index (Phi) is 4.38. The van der Waals surface area contributed by atoms with E-state index in [1.165, 1.54) is 0 Å². The lowest BCUT2D eigenvalue weighted by Gasteiger charge is -2.45. The van der Waals surface area contributed by atoms with Gasteiger partial charge in [-0.15, -0.1) is 0 Å². The largest absolute Gasteiger partial charge is 0.462 e. The van der Waals surface area contributed by atoms with Gasteiger partial charge in [-0.1, -0.05) is 45.1 Å². The van der Waals surface area contributed by atoms with E-state index in [0.29, 0.717) is 0 Å². The molecule has 0 aromatic heterocycles. The third kappa shape index (κ3) is 2.51. The number of allylic oxidation sites excluding steroid dienone is 2. The molecule has 0 aliphatic heterocycles. The minimum Gasteiger partial charge on any atom is -0.462 e. The van der Waals surface area contributed by atoms with E-state index in [2.05, 4.69) is 0 Å². The molecule has 1 aliphatic carbocycles. The minimum absolute atomic E-state index is 0.131. The number of hydrogen-bond donors (Lipinski definition) is 0. The zero-order valence-electron chi connectivity index (χ0n) is 12.2. The topological polar surface area (TPSA) is 35.5 Å². The molecule has 0 amide bonds. The van der Waals surface area contributed by atoms with Crippen LogP contribution in [0.2, 0.25) is 0 Å². The first-order valence-corrected chi connectivity index (χ1v) is 6.35. The maximum Gasteiger partial charge on any atom is 0.319 e. The molecule has 0 aromatic rings. The Morgan fingerprint density at radius 1 is 1.28 bits per heavy atom. The summed E-state index contributed by atoms with van der Waals surface area (Å²) in [5, 5.41) is 0. The Balaban J connectivity index is 3.23. The third-order valence-electron chi connectivity index (χ3n) is 3.38. The predicted octanol–water partition coefficient (Wildman–Crippen LogP) is 3.11. The van der Waals surface area contributed by atoms with Gasteiger partial charge in [-0.2, -0.15) is 0 Å². The summed E-state index contributed by atoms with van der Waals surface area (Å²) >= 11 is 0. The third-order valence-corrected chi connectivity index (χ3v) is 3.38. The van der Waals surface area contributed by atoms with Crippen LogP contribution in [0.3, 0.4) is 0 Å². The fourth-order valence-electron chi connectivity index (χ4n) is 2.36. The molecule has 3 nitrogen and oxygen atoms in total. The van der Waals surface area contributed by atoms with Crippen LogP contribution in [0.4, 0.5) is 0 Å².